The van der Waals surface area contributed by atoms with Crippen molar-refractivity contribution in [1.82, 2.24) is 15.6 Å². The Labute approximate surface area is 193 Å². The first-order chi connectivity index (χ1) is 16.1. The molecule has 0 aliphatic heterocycles. The molecular formula is C26H30N4O3. The molecule has 1 aromatic heterocycles. The molecule has 33 heavy (non-hydrogen) atoms. The van der Waals surface area contributed by atoms with Gasteiger partial charge in [0.15, 0.2) is 0 Å². The van der Waals surface area contributed by atoms with Crippen LogP contribution in [0.2, 0.25) is 0 Å². The number of para-hydroxylation sites is 1. The summed E-state index contributed by atoms with van der Waals surface area (Å²) < 4.78 is 5.16. The van der Waals surface area contributed by atoms with Crippen molar-refractivity contribution in [2.45, 2.75) is 31.7 Å². The van der Waals surface area contributed by atoms with E-state index in [4.69, 9.17) is 4.74 Å². The number of ether oxygens (including phenoxy) is 1. The third-order valence-corrected chi connectivity index (χ3v) is 6.12. The average Bonchev–Trinajstić information content (AvgIpc) is 2.87. The van der Waals surface area contributed by atoms with Crippen LogP contribution in [-0.2, 0) is 4.79 Å². The summed E-state index contributed by atoms with van der Waals surface area (Å²) >= 11 is 0. The van der Waals surface area contributed by atoms with E-state index in [-0.39, 0.29) is 23.8 Å². The number of methoxy groups -OCH3 is 1. The van der Waals surface area contributed by atoms with Gasteiger partial charge >= 0.3 is 0 Å². The number of fused-ring (bicyclic) bond motifs is 1. The van der Waals surface area contributed by atoms with E-state index in [1.807, 2.05) is 54.6 Å². The molecule has 0 bridgehead atoms. The lowest BCUT2D eigenvalue weighted by Gasteiger charge is -2.31. The minimum atomic E-state index is -0.225. The van der Waals surface area contributed by atoms with Crippen molar-refractivity contribution in [3.05, 3.63) is 66.4 Å². The molecule has 1 aliphatic rings. The maximum Gasteiger partial charge on any atom is 0.253 e. The van der Waals surface area contributed by atoms with E-state index in [9.17, 15) is 9.59 Å². The molecule has 0 unspecified atom stereocenters. The van der Waals surface area contributed by atoms with E-state index in [0.29, 0.717) is 18.7 Å². The van der Waals surface area contributed by atoms with E-state index in [1.165, 1.54) is 0 Å². The highest BCUT2D eigenvalue weighted by atomic mass is 16.5. The second-order valence-corrected chi connectivity index (χ2v) is 8.33. The van der Waals surface area contributed by atoms with Gasteiger partial charge in [0.05, 0.1) is 24.1 Å². The summed E-state index contributed by atoms with van der Waals surface area (Å²) in [6.07, 6.45) is 5.17. The standard InChI is InChI=1S/C26H30N4O3/c1-33-21-12-10-20(11-13-21)27-14-15-28-26(32)22-7-3-5-9-24(22)30-25(31)19-16-18-6-2-4-8-23(18)29-17-19/h2,4,6,8,10-13,16-17,22,24,27H,3,5,7,9,14-15H2,1H3,(H,28,32)(H,30,31)/t22-,24+/m1/s1. The number of aromatic nitrogens is 1. The Morgan fingerprint density at radius 2 is 1.82 bits per heavy atom. The zero-order valence-electron chi connectivity index (χ0n) is 18.8. The van der Waals surface area contributed by atoms with Crippen LogP contribution in [0.15, 0.2) is 60.8 Å². The molecule has 0 spiro atoms. The third-order valence-electron chi connectivity index (χ3n) is 6.12. The summed E-state index contributed by atoms with van der Waals surface area (Å²) in [5, 5.41) is 10.3. The summed E-state index contributed by atoms with van der Waals surface area (Å²) in [5.41, 5.74) is 2.34. The fourth-order valence-electron chi connectivity index (χ4n) is 4.30. The maximum atomic E-state index is 12.9. The van der Waals surface area contributed by atoms with E-state index in [0.717, 1.165) is 48.0 Å². The molecule has 2 amide bonds. The smallest absolute Gasteiger partial charge is 0.253 e. The first-order valence-electron chi connectivity index (χ1n) is 11.5. The Balaban J connectivity index is 1.30. The molecule has 3 aromatic rings. The van der Waals surface area contributed by atoms with Crippen LogP contribution in [0.5, 0.6) is 5.75 Å². The van der Waals surface area contributed by atoms with Gasteiger partial charge in [-0.05, 0) is 49.2 Å². The predicted molar refractivity (Wildman–Crippen MR) is 129 cm³/mol. The lowest BCUT2D eigenvalue weighted by atomic mass is 9.83. The van der Waals surface area contributed by atoms with Crippen molar-refractivity contribution >= 4 is 28.4 Å². The Kier molecular flexibility index (Phi) is 7.40. The van der Waals surface area contributed by atoms with Crippen LogP contribution in [0.4, 0.5) is 5.69 Å². The van der Waals surface area contributed by atoms with Crippen LogP contribution in [0.1, 0.15) is 36.0 Å². The monoisotopic (exact) mass is 446 g/mol. The summed E-state index contributed by atoms with van der Waals surface area (Å²) in [6.45, 7) is 1.13. The normalized spacial score (nSPS) is 17.8. The molecule has 1 aliphatic carbocycles. The molecule has 4 rings (SSSR count). The summed E-state index contributed by atoms with van der Waals surface area (Å²) in [5.74, 6) is 0.392. The predicted octanol–water partition coefficient (Wildman–Crippen LogP) is 3.76. The van der Waals surface area contributed by atoms with Gasteiger partial charge in [0, 0.05) is 36.4 Å². The molecule has 1 heterocycles. The van der Waals surface area contributed by atoms with Gasteiger partial charge in [-0.25, -0.2) is 0 Å². The minimum Gasteiger partial charge on any atom is -0.497 e. The van der Waals surface area contributed by atoms with Gasteiger partial charge in [0.25, 0.3) is 5.91 Å². The van der Waals surface area contributed by atoms with Crippen molar-refractivity contribution in [2.75, 3.05) is 25.5 Å². The van der Waals surface area contributed by atoms with Gasteiger partial charge in [-0.1, -0.05) is 31.0 Å². The van der Waals surface area contributed by atoms with Crippen LogP contribution >= 0.6 is 0 Å². The lowest BCUT2D eigenvalue weighted by molar-refractivity contribution is -0.126. The number of carbonyl (C=O) groups is 2. The van der Waals surface area contributed by atoms with Crippen LogP contribution in [0.25, 0.3) is 10.9 Å². The number of benzene rings is 2. The quantitative estimate of drug-likeness (QED) is 0.458. The summed E-state index contributed by atoms with van der Waals surface area (Å²) in [4.78, 5) is 30.1. The molecule has 7 nitrogen and oxygen atoms in total. The molecule has 2 aromatic carbocycles. The average molecular weight is 447 g/mol. The Morgan fingerprint density at radius 3 is 2.64 bits per heavy atom. The Bertz CT molecular complexity index is 1100. The first-order valence-corrected chi connectivity index (χ1v) is 11.5. The zero-order chi connectivity index (χ0) is 23.0. The highest BCUT2D eigenvalue weighted by molar-refractivity contribution is 5.97. The fraction of sp³-hybridized carbons (Fsp3) is 0.346. The second-order valence-electron chi connectivity index (χ2n) is 8.33. The van der Waals surface area contributed by atoms with E-state index in [2.05, 4.69) is 20.9 Å². The highest BCUT2D eigenvalue weighted by Gasteiger charge is 2.32. The highest BCUT2D eigenvalue weighted by Crippen LogP contribution is 2.25. The third kappa shape index (κ3) is 5.80. The first kappa shape index (κ1) is 22.6. The number of amides is 2. The van der Waals surface area contributed by atoms with Gasteiger partial charge in [-0.2, -0.15) is 0 Å². The number of nitrogens with one attached hydrogen (secondary N) is 3. The molecule has 2 atom stereocenters. The number of hydrogen-bond donors (Lipinski definition) is 3. The van der Waals surface area contributed by atoms with E-state index < -0.39 is 0 Å². The number of rotatable bonds is 8. The van der Waals surface area contributed by atoms with Crippen molar-refractivity contribution in [2.24, 2.45) is 5.92 Å². The van der Waals surface area contributed by atoms with Crippen LogP contribution in [0, 0.1) is 5.92 Å². The Hall–Kier alpha value is -3.61. The molecule has 0 saturated heterocycles. The van der Waals surface area contributed by atoms with Crippen molar-refractivity contribution < 1.29 is 14.3 Å². The molecular weight excluding hydrogens is 416 g/mol. The number of pyridine rings is 1. The fourth-order valence-corrected chi connectivity index (χ4v) is 4.30. The largest absolute Gasteiger partial charge is 0.497 e. The molecule has 172 valence electrons. The van der Waals surface area contributed by atoms with Gasteiger partial charge in [0.2, 0.25) is 5.91 Å². The van der Waals surface area contributed by atoms with Crippen molar-refractivity contribution in [3.63, 3.8) is 0 Å². The summed E-state index contributed by atoms with van der Waals surface area (Å²) in [7, 11) is 1.64. The molecule has 7 heteroatoms. The lowest BCUT2D eigenvalue weighted by Crippen LogP contribution is -2.49. The van der Waals surface area contributed by atoms with Gasteiger partial charge in [0.1, 0.15) is 5.75 Å². The van der Waals surface area contributed by atoms with E-state index in [1.54, 1.807) is 13.3 Å². The van der Waals surface area contributed by atoms with E-state index >= 15 is 0 Å². The molecule has 0 radical (unpaired) electrons. The topological polar surface area (TPSA) is 92.4 Å². The SMILES string of the molecule is COc1ccc(NCCNC(=O)[C@@H]2CCCC[C@@H]2NC(=O)c2cnc3ccccc3c2)cc1. The maximum absolute atomic E-state index is 12.9. The number of hydrogen-bond acceptors (Lipinski definition) is 5. The molecule has 3 N–H and O–H groups in total. The Morgan fingerprint density at radius 1 is 1.03 bits per heavy atom. The minimum absolute atomic E-state index is 0.00633. The van der Waals surface area contributed by atoms with Crippen LogP contribution < -0.4 is 20.7 Å². The van der Waals surface area contributed by atoms with Gasteiger partial charge < -0.3 is 20.7 Å². The van der Waals surface area contributed by atoms with Gasteiger partial charge in [-0.15, -0.1) is 0 Å². The number of carbonyl (C=O) groups excluding carboxylic acids is 2. The van der Waals surface area contributed by atoms with Crippen LogP contribution in [0.3, 0.4) is 0 Å². The molecule has 1 fully saturated rings. The van der Waals surface area contributed by atoms with Crippen molar-refractivity contribution in [1.29, 1.82) is 0 Å². The summed E-state index contributed by atoms with van der Waals surface area (Å²) in [6, 6.07) is 17.0. The number of nitrogens with zero attached hydrogens (tertiary/aromatic N) is 1. The van der Waals surface area contributed by atoms with Gasteiger partial charge in [-0.3, -0.25) is 14.6 Å². The molecule has 1 saturated carbocycles. The zero-order valence-corrected chi connectivity index (χ0v) is 18.8. The number of anilines is 1. The second kappa shape index (κ2) is 10.8. The van der Waals surface area contributed by atoms with Crippen LogP contribution in [-0.4, -0.2) is 43.0 Å². The van der Waals surface area contributed by atoms with Crippen molar-refractivity contribution in [3.8, 4) is 5.75 Å².